The zero-order chi connectivity index (χ0) is 27.7. The van der Waals surface area contributed by atoms with Crippen LogP contribution in [0.2, 0.25) is 0 Å². The Morgan fingerprint density at radius 3 is 2.46 bits per heavy atom. The molecule has 1 spiro atoms. The molecule has 2 aliphatic heterocycles. The van der Waals surface area contributed by atoms with E-state index in [2.05, 4.69) is 22.5 Å². The maximum atomic E-state index is 13.7. The van der Waals surface area contributed by atoms with Gasteiger partial charge in [0.15, 0.2) is 0 Å². The summed E-state index contributed by atoms with van der Waals surface area (Å²) in [6, 6.07) is 7.40. The number of piperazine rings is 1. The molecule has 3 fully saturated rings. The summed E-state index contributed by atoms with van der Waals surface area (Å²) in [7, 11) is 1.66. The summed E-state index contributed by atoms with van der Waals surface area (Å²) in [5, 5.41) is 6.11. The number of hydrogen-bond acceptors (Lipinski definition) is 5. The molecular formula is C31H48N4O4. The number of nitrogens with one attached hydrogen (secondary N) is 2. The van der Waals surface area contributed by atoms with E-state index in [4.69, 9.17) is 4.74 Å². The second-order valence-corrected chi connectivity index (χ2v) is 11.7. The first-order valence-corrected chi connectivity index (χ1v) is 15.2. The summed E-state index contributed by atoms with van der Waals surface area (Å²) in [6.45, 7) is 6.32. The summed E-state index contributed by atoms with van der Waals surface area (Å²) in [6.07, 6.45) is 10.9. The summed E-state index contributed by atoms with van der Waals surface area (Å²) in [4.78, 5) is 44.1. The number of ether oxygens (including phenoxy) is 1. The minimum atomic E-state index is -0.726. The molecule has 1 unspecified atom stereocenters. The van der Waals surface area contributed by atoms with E-state index in [1.165, 1.54) is 32.1 Å². The van der Waals surface area contributed by atoms with Crippen LogP contribution in [0.3, 0.4) is 0 Å². The van der Waals surface area contributed by atoms with Crippen molar-refractivity contribution in [2.75, 3.05) is 39.9 Å². The van der Waals surface area contributed by atoms with E-state index in [0.29, 0.717) is 44.0 Å². The van der Waals surface area contributed by atoms with Crippen molar-refractivity contribution in [2.24, 2.45) is 5.92 Å². The van der Waals surface area contributed by atoms with Crippen LogP contribution in [-0.4, -0.2) is 79.0 Å². The number of piperidine rings is 1. The third kappa shape index (κ3) is 7.40. The second kappa shape index (κ2) is 14.3. The number of nitrogens with zero attached hydrogens (tertiary/aromatic N) is 2. The van der Waals surface area contributed by atoms with Gasteiger partial charge in [-0.1, -0.05) is 57.6 Å². The number of likely N-dealkylation sites (tertiary alicyclic amines) is 1. The number of carbonyl (C=O) groups excluding carboxylic acids is 3. The fourth-order valence-corrected chi connectivity index (χ4v) is 6.55. The standard InChI is InChI=1S/C31H48N4O4/c1-3-4-18-35-29(37)27(22-24-9-6-5-7-10-24)33-30(38)31(35)15-19-34(20-16-31)23-25-11-13-26(14-12-25)28(36)32-17-8-21-39-2/h11-14,24,27H,3-10,15-23H2,1-2H3,(H,32,36)(H,33,38). The third-order valence-electron chi connectivity index (χ3n) is 8.95. The van der Waals surface area contributed by atoms with Crippen LogP contribution >= 0.6 is 0 Å². The van der Waals surface area contributed by atoms with E-state index >= 15 is 0 Å². The third-order valence-corrected chi connectivity index (χ3v) is 8.95. The van der Waals surface area contributed by atoms with Crippen molar-refractivity contribution >= 4 is 17.7 Å². The highest BCUT2D eigenvalue weighted by atomic mass is 16.5. The Labute approximate surface area is 234 Å². The van der Waals surface area contributed by atoms with E-state index in [1.54, 1.807) is 7.11 Å². The molecule has 1 aromatic rings. The number of hydrogen-bond donors (Lipinski definition) is 2. The van der Waals surface area contributed by atoms with Crippen molar-refractivity contribution in [1.29, 1.82) is 0 Å². The summed E-state index contributed by atoms with van der Waals surface area (Å²) >= 11 is 0. The number of unbranched alkanes of at least 4 members (excludes halogenated alkanes) is 1. The van der Waals surface area contributed by atoms with Gasteiger partial charge in [-0.3, -0.25) is 19.3 Å². The Kier molecular flexibility index (Phi) is 10.8. The van der Waals surface area contributed by atoms with Gasteiger partial charge in [-0.25, -0.2) is 0 Å². The Balaban J connectivity index is 1.34. The smallest absolute Gasteiger partial charge is 0.251 e. The Hall–Kier alpha value is -2.45. The molecule has 0 bridgehead atoms. The van der Waals surface area contributed by atoms with Crippen LogP contribution < -0.4 is 10.6 Å². The predicted molar refractivity (Wildman–Crippen MR) is 152 cm³/mol. The molecule has 3 aliphatic rings. The van der Waals surface area contributed by atoms with E-state index in [0.717, 1.165) is 50.9 Å². The van der Waals surface area contributed by atoms with Gasteiger partial charge in [-0.15, -0.1) is 0 Å². The van der Waals surface area contributed by atoms with Gasteiger partial charge in [0.05, 0.1) is 0 Å². The van der Waals surface area contributed by atoms with Gasteiger partial charge in [0.25, 0.3) is 5.91 Å². The monoisotopic (exact) mass is 540 g/mol. The summed E-state index contributed by atoms with van der Waals surface area (Å²) in [5.41, 5.74) is 1.07. The number of methoxy groups -OCH3 is 1. The van der Waals surface area contributed by atoms with E-state index < -0.39 is 5.54 Å². The maximum absolute atomic E-state index is 13.7. The first kappa shape index (κ1) is 29.5. The average molecular weight is 541 g/mol. The van der Waals surface area contributed by atoms with E-state index in [9.17, 15) is 14.4 Å². The largest absolute Gasteiger partial charge is 0.385 e. The summed E-state index contributed by atoms with van der Waals surface area (Å²) in [5.74, 6) is 0.669. The molecule has 2 heterocycles. The predicted octanol–water partition coefficient (Wildman–Crippen LogP) is 3.89. The lowest BCUT2D eigenvalue weighted by Crippen LogP contribution is -2.73. The topological polar surface area (TPSA) is 91.0 Å². The molecule has 1 atom stereocenters. The van der Waals surface area contributed by atoms with Gasteiger partial charge >= 0.3 is 0 Å². The summed E-state index contributed by atoms with van der Waals surface area (Å²) < 4.78 is 5.02. The zero-order valence-electron chi connectivity index (χ0n) is 24.0. The second-order valence-electron chi connectivity index (χ2n) is 11.7. The fourth-order valence-electron chi connectivity index (χ4n) is 6.55. The molecule has 0 aromatic heterocycles. The molecule has 2 N–H and O–H groups in total. The van der Waals surface area contributed by atoms with Crippen LogP contribution in [-0.2, 0) is 20.9 Å². The van der Waals surface area contributed by atoms with E-state index in [1.807, 2.05) is 29.2 Å². The highest BCUT2D eigenvalue weighted by molar-refractivity contribution is 6.00. The van der Waals surface area contributed by atoms with Gasteiger partial charge in [-0.05, 0) is 55.7 Å². The first-order valence-electron chi connectivity index (χ1n) is 15.2. The van der Waals surface area contributed by atoms with Gasteiger partial charge in [0.2, 0.25) is 11.8 Å². The minimum Gasteiger partial charge on any atom is -0.385 e. The normalized spacial score (nSPS) is 22.2. The fraction of sp³-hybridized carbons (Fsp3) is 0.710. The molecule has 39 heavy (non-hydrogen) atoms. The van der Waals surface area contributed by atoms with Crippen LogP contribution in [0.25, 0.3) is 0 Å². The van der Waals surface area contributed by atoms with Crippen LogP contribution in [0.5, 0.6) is 0 Å². The van der Waals surface area contributed by atoms with Gasteiger partial charge in [-0.2, -0.15) is 0 Å². The van der Waals surface area contributed by atoms with Crippen molar-refractivity contribution in [3.05, 3.63) is 35.4 Å². The number of carbonyl (C=O) groups is 3. The lowest BCUT2D eigenvalue weighted by atomic mass is 9.79. The lowest BCUT2D eigenvalue weighted by molar-refractivity contribution is -0.162. The highest BCUT2D eigenvalue weighted by Gasteiger charge is 2.53. The van der Waals surface area contributed by atoms with Crippen molar-refractivity contribution in [3.8, 4) is 0 Å². The number of benzene rings is 1. The van der Waals surface area contributed by atoms with Crippen LogP contribution in [0.4, 0.5) is 0 Å². The zero-order valence-corrected chi connectivity index (χ0v) is 24.0. The van der Waals surface area contributed by atoms with Crippen LogP contribution in [0.1, 0.15) is 93.5 Å². The Morgan fingerprint density at radius 2 is 1.79 bits per heavy atom. The quantitative estimate of drug-likeness (QED) is 0.393. The SMILES string of the molecule is CCCCN1C(=O)C(CC2CCCCC2)NC(=O)C12CCN(Cc1ccc(C(=O)NCCCOC)cc1)CC2. The molecule has 8 heteroatoms. The minimum absolute atomic E-state index is 0.0551. The molecular weight excluding hydrogens is 492 g/mol. The molecule has 4 rings (SSSR count). The Bertz CT molecular complexity index is 952. The molecule has 1 aliphatic carbocycles. The molecule has 0 radical (unpaired) electrons. The molecule has 3 amide bonds. The van der Waals surface area contributed by atoms with Gasteiger partial charge < -0.3 is 20.3 Å². The lowest BCUT2D eigenvalue weighted by Gasteiger charge is -2.52. The Morgan fingerprint density at radius 1 is 1.08 bits per heavy atom. The molecule has 2 saturated heterocycles. The van der Waals surface area contributed by atoms with Crippen molar-refractivity contribution in [2.45, 2.75) is 95.7 Å². The van der Waals surface area contributed by atoms with Crippen molar-refractivity contribution in [3.63, 3.8) is 0 Å². The number of rotatable bonds is 12. The van der Waals surface area contributed by atoms with Crippen LogP contribution in [0.15, 0.2) is 24.3 Å². The molecule has 1 saturated carbocycles. The van der Waals surface area contributed by atoms with Gasteiger partial charge in [0, 0.05) is 52.0 Å². The first-order chi connectivity index (χ1) is 19.0. The molecule has 216 valence electrons. The van der Waals surface area contributed by atoms with E-state index in [-0.39, 0.29) is 23.8 Å². The van der Waals surface area contributed by atoms with Crippen molar-refractivity contribution in [1.82, 2.24) is 20.4 Å². The molecule has 8 nitrogen and oxygen atoms in total. The molecule has 1 aromatic carbocycles. The maximum Gasteiger partial charge on any atom is 0.251 e. The average Bonchev–Trinajstić information content (AvgIpc) is 2.96. The van der Waals surface area contributed by atoms with Gasteiger partial charge in [0.1, 0.15) is 11.6 Å². The van der Waals surface area contributed by atoms with Crippen LogP contribution in [0, 0.1) is 5.92 Å². The number of amides is 3. The van der Waals surface area contributed by atoms with Crippen molar-refractivity contribution < 1.29 is 19.1 Å². The highest BCUT2D eigenvalue weighted by Crippen LogP contribution is 2.36.